The zero-order chi connectivity index (χ0) is 21.7. The molecule has 154 valence electrons. The highest BCUT2D eigenvalue weighted by Gasteiger charge is 2.46. The number of benzene rings is 1. The first-order chi connectivity index (χ1) is 13.4. The number of allylic oxidation sites excluding steroid dienone is 3. The summed E-state index contributed by atoms with van der Waals surface area (Å²) in [6, 6.07) is 1.58. The van der Waals surface area contributed by atoms with Crippen molar-refractivity contribution in [1.82, 2.24) is 0 Å². The standard InChI is InChI=1S/C21H20Cl2O6/c1-4-21-6-5-11(24)8-12(21)14-10(9-21)7-13(15(22)16(14)23)29-17(18(25)26)20(2,3)19(27)28/h4,7-8,17H,1,5-6,9H2,2-3H3,(H,25,26)(H,27,28). The molecule has 0 bridgehead atoms. The van der Waals surface area contributed by atoms with Crippen molar-refractivity contribution in [1.29, 1.82) is 0 Å². The van der Waals surface area contributed by atoms with Gasteiger partial charge >= 0.3 is 11.9 Å². The molecule has 0 aromatic heterocycles. The van der Waals surface area contributed by atoms with Crippen molar-refractivity contribution in [3.63, 3.8) is 0 Å². The summed E-state index contributed by atoms with van der Waals surface area (Å²) >= 11 is 12.9. The minimum absolute atomic E-state index is 0.00742. The number of fused-ring (bicyclic) bond motifs is 3. The average Bonchev–Trinajstić information content (AvgIpc) is 2.96. The topological polar surface area (TPSA) is 101 Å². The Balaban J connectivity index is 2.11. The number of rotatable bonds is 6. The number of ketones is 1. The van der Waals surface area contributed by atoms with Gasteiger partial charge in [-0.1, -0.05) is 29.3 Å². The molecule has 3 rings (SSSR count). The highest BCUT2D eigenvalue weighted by Crippen LogP contribution is 2.57. The minimum Gasteiger partial charge on any atom is -0.481 e. The average molecular weight is 439 g/mol. The molecule has 0 fully saturated rings. The zero-order valence-corrected chi connectivity index (χ0v) is 17.4. The number of aliphatic carboxylic acids is 2. The maximum Gasteiger partial charge on any atom is 0.346 e. The molecule has 0 saturated heterocycles. The fraction of sp³-hybridized carbons (Fsp3) is 0.381. The van der Waals surface area contributed by atoms with Crippen LogP contribution in [0.4, 0.5) is 0 Å². The molecule has 0 amide bonds. The highest BCUT2D eigenvalue weighted by molar-refractivity contribution is 6.44. The first kappa shape index (κ1) is 21.4. The van der Waals surface area contributed by atoms with E-state index in [1.807, 2.05) is 0 Å². The molecule has 6 nitrogen and oxygen atoms in total. The lowest BCUT2D eigenvalue weighted by atomic mass is 9.73. The van der Waals surface area contributed by atoms with Gasteiger partial charge in [-0.2, -0.15) is 0 Å². The maximum absolute atomic E-state index is 12.0. The third-order valence-electron chi connectivity index (χ3n) is 5.76. The van der Waals surface area contributed by atoms with E-state index in [9.17, 15) is 24.6 Å². The Labute approximate surface area is 177 Å². The second-order valence-corrected chi connectivity index (χ2v) is 8.72. The fourth-order valence-electron chi connectivity index (χ4n) is 3.90. The van der Waals surface area contributed by atoms with Gasteiger partial charge in [0, 0.05) is 17.4 Å². The Morgan fingerprint density at radius 1 is 1.31 bits per heavy atom. The van der Waals surface area contributed by atoms with Gasteiger partial charge in [0.05, 0.1) is 5.02 Å². The number of hydrogen-bond acceptors (Lipinski definition) is 4. The van der Waals surface area contributed by atoms with Crippen LogP contribution in [0, 0.1) is 10.8 Å². The van der Waals surface area contributed by atoms with Gasteiger partial charge in [0.25, 0.3) is 0 Å². The van der Waals surface area contributed by atoms with Crippen LogP contribution in [0.3, 0.4) is 0 Å². The van der Waals surface area contributed by atoms with E-state index in [4.69, 9.17) is 27.9 Å². The van der Waals surface area contributed by atoms with E-state index in [1.165, 1.54) is 13.8 Å². The highest BCUT2D eigenvalue weighted by atomic mass is 35.5. The number of carboxylic acids is 2. The van der Waals surface area contributed by atoms with Gasteiger partial charge < -0.3 is 14.9 Å². The summed E-state index contributed by atoms with van der Waals surface area (Å²) < 4.78 is 5.57. The summed E-state index contributed by atoms with van der Waals surface area (Å²) in [6.45, 7) is 6.44. The monoisotopic (exact) mass is 438 g/mol. The molecule has 1 aromatic rings. The Bertz CT molecular complexity index is 978. The molecule has 2 N–H and O–H groups in total. The molecule has 0 radical (unpaired) electrons. The Morgan fingerprint density at radius 2 is 1.97 bits per heavy atom. The van der Waals surface area contributed by atoms with Gasteiger partial charge in [0.15, 0.2) is 5.78 Å². The largest absolute Gasteiger partial charge is 0.481 e. The van der Waals surface area contributed by atoms with E-state index < -0.39 is 28.9 Å². The van der Waals surface area contributed by atoms with Gasteiger partial charge in [-0.25, -0.2) is 4.79 Å². The summed E-state index contributed by atoms with van der Waals surface area (Å²) in [7, 11) is 0. The first-order valence-corrected chi connectivity index (χ1v) is 9.73. The lowest BCUT2D eigenvalue weighted by molar-refractivity contribution is -0.164. The lowest BCUT2D eigenvalue weighted by Crippen LogP contribution is -2.46. The second kappa shape index (κ2) is 7.18. The molecule has 2 aliphatic carbocycles. The van der Waals surface area contributed by atoms with Crippen molar-refractivity contribution in [3.8, 4) is 5.75 Å². The molecule has 0 saturated carbocycles. The van der Waals surface area contributed by atoms with E-state index in [-0.39, 0.29) is 21.6 Å². The predicted octanol–water partition coefficient (Wildman–Crippen LogP) is 4.41. The zero-order valence-electron chi connectivity index (χ0n) is 15.9. The molecule has 2 aliphatic rings. The van der Waals surface area contributed by atoms with Crippen molar-refractivity contribution in [2.24, 2.45) is 10.8 Å². The number of hydrogen-bond donors (Lipinski definition) is 2. The van der Waals surface area contributed by atoms with Crippen molar-refractivity contribution in [3.05, 3.63) is 46.0 Å². The molecule has 0 spiro atoms. The molecule has 2 unspecified atom stereocenters. The molecule has 0 heterocycles. The third kappa shape index (κ3) is 3.34. The molecule has 29 heavy (non-hydrogen) atoms. The Morgan fingerprint density at radius 3 is 2.52 bits per heavy atom. The number of carbonyl (C=O) groups is 3. The van der Waals surface area contributed by atoms with E-state index >= 15 is 0 Å². The number of carboxylic acid groups (broad SMARTS) is 2. The summed E-state index contributed by atoms with van der Waals surface area (Å²) in [5, 5.41) is 19.0. The van der Waals surface area contributed by atoms with Crippen LogP contribution in [-0.4, -0.2) is 34.0 Å². The van der Waals surface area contributed by atoms with Gasteiger partial charge in [0.2, 0.25) is 6.10 Å². The van der Waals surface area contributed by atoms with E-state index in [0.717, 1.165) is 11.1 Å². The maximum atomic E-state index is 12.0. The Hall–Kier alpha value is -2.31. The SMILES string of the molecule is C=CC12CCC(=O)C=C1c1c(cc(OC(C(=O)O)C(C)(C)C(=O)O)c(Cl)c1Cl)C2. The van der Waals surface area contributed by atoms with Crippen LogP contribution in [-0.2, 0) is 20.8 Å². The van der Waals surface area contributed by atoms with Crippen molar-refractivity contribution in [2.75, 3.05) is 0 Å². The quantitative estimate of drug-likeness (QED) is 0.637. The fourth-order valence-corrected chi connectivity index (χ4v) is 4.41. The summed E-state index contributed by atoms with van der Waals surface area (Å²) in [6.07, 6.45) is 3.16. The smallest absolute Gasteiger partial charge is 0.346 e. The van der Waals surface area contributed by atoms with Crippen LogP contribution in [0.1, 0.15) is 37.8 Å². The lowest BCUT2D eigenvalue weighted by Gasteiger charge is -2.30. The van der Waals surface area contributed by atoms with Gasteiger partial charge in [0.1, 0.15) is 16.2 Å². The first-order valence-electron chi connectivity index (χ1n) is 8.97. The van der Waals surface area contributed by atoms with Crippen LogP contribution in [0.25, 0.3) is 5.57 Å². The molecule has 0 aliphatic heterocycles. The Kier molecular flexibility index (Phi) is 5.30. The van der Waals surface area contributed by atoms with Crippen molar-refractivity contribution in [2.45, 2.75) is 39.2 Å². The molecular formula is C21H20Cl2O6. The van der Waals surface area contributed by atoms with Crippen LogP contribution < -0.4 is 4.74 Å². The van der Waals surface area contributed by atoms with Crippen molar-refractivity contribution >= 4 is 46.5 Å². The van der Waals surface area contributed by atoms with Crippen LogP contribution >= 0.6 is 23.2 Å². The number of ether oxygens (including phenoxy) is 1. The van der Waals surface area contributed by atoms with Crippen LogP contribution in [0.2, 0.25) is 10.0 Å². The van der Waals surface area contributed by atoms with Gasteiger partial charge in [-0.15, -0.1) is 6.58 Å². The van der Waals surface area contributed by atoms with Crippen LogP contribution in [0.5, 0.6) is 5.75 Å². The number of carbonyl (C=O) groups excluding carboxylic acids is 1. The van der Waals surface area contributed by atoms with E-state index in [1.54, 1.807) is 18.2 Å². The molecule has 1 aromatic carbocycles. The normalized spacial score (nSPS) is 21.7. The molecule has 8 heteroatoms. The summed E-state index contributed by atoms with van der Waals surface area (Å²) in [5.41, 5.74) is -0.0491. The summed E-state index contributed by atoms with van der Waals surface area (Å²) in [5.74, 6) is -2.78. The molecule has 2 atom stereocenters. The van der Waals surface area contributed by atoms with Crippen LogP contribution in [0.15, 0.2) is 24.8 Å². The number of halogens is 2. The minimum atomic E-state index is -1.72. The predicted molar refractivity (Wildman–Crippen MR) is 108 cm³/mol. The van der Waals surface area contributed by atoms with Crippen molar-refractivity contribution < 1.29 is 29.3 Å². The van der Waals surface area contributed by atoms with E-state index in [2.05, 4.69) is 6.58 Å². The van der Waals surface area contributed by atoms with Gasteiger partial charge in [-0.05, 0) is 50.0 Å². The third-order valence-corrected chi connectivity index (χ3v) is 6.61. The summed E-state index contributed by atoms with van der Waals surface area (Å²) in [4.78, 5) is 35.2. The van der Waals surface area contributed by atoms with Gasteiger partial charge in [-0.3, -0.25) is 9.59 Å². The van der Waals surface area contributed by atoms with E-state index in [0.29, 0.717) is 24.8 Å². The molecular weight excluding hydrogens is 419 g/mol. The second-order valence-electron chi connectivity index (χ2n) is 7.96.